The average molecular weight is 356 g/mol. The van der Waals surface area contributed by atoms with Gasteiger partial charge in [0, 0.05) is 10.5 Å². The van der Waals surface area contributed by atoms with E-state index in [-0.39, 0.29) is 5.38 Å². The van der Waals surface area contributed by atoms with Crippen LogP contribution in [0.5, 0.6) is 11.5 Å². The van der Waals surface area contributed by atoms with Gasteiger partial charge in [-0.05, 0) is 41.8 Å². The van der Waals surface area contributed by atoms with Crippen LogP contribution in [0.2, 0.25) is 0 Å². The maximum Gasteiger partial charge on any atom is 0.122 e. The van der Waals surface area contributed by atoms with Gasteiger partial charge in [-0.1, -0.05) is 28.1 Å². The SMILES string of the molecule is COc1cc(OC)cc(C(Cl)Cc2cccc(Br)c2)c1. The Balaban J connectivity index is 2.22. The Morgan fingerprint density at radius 1 is 1.05 bits per heavy atom. The minimum Gasteiger partial charge on any atom is -0.497 e. The van der Waals surface area contributed by atoms with Crippen molar-refractivity contribution in [2.75, 3.05) is 14.2 Å². The zero-order chi connectivity index (χ0) is 14.5. The van der Waals surface area contributed by atoms with Crippen LogP contribution < -0.4 is 9.47 Å². The molecule has 0 saturated carbocycles. The second kappa shape index (κ2) is 7.00. The van der Waals surface area contributed by atoms with Crippen molar-refractivity contribution in [3.63, 3.8) is 0 Å². The smallest absolute Gasteiger partial charge is 0.122 e. The highest BCUT2D eigenvalue weighted by atomic mass is 79.9. The quantitative estimate of drug-likeness (QED) is 0.704. The number of hydrogen-bond donors (Lipinski definition) is 0. The molecule has 0 aliphatic rings. The summed E-state index contributed by atoms with van der Waals surface area (Å²) in [5.41, 5.74) is 2.17. The van der Waals surface area contributed by atoms with Crippen LogP contribution >= 0.6 is 27.5 Å². The molecule has 0 spiro atoms. The van der Waals surface area contributed by atoms with E-state index in [9.17, 15) is 0 Å². The minimum atomic E-state index is -0.131. The number of hydrogen-bond acceptors (Lipinski definition) is 2. The van der Waals surface area contributed by atoms with Crippen LogP contribution in [0.15, 0.2) is 46.9 Å². The molecule has 1 unspecified atom stereocenters. The summed E-state index contributed by atoms with van der Waals surface area (Å²) in [7, 11) is 3.27. The summed E-state index contributed by atoms with van der Waals surface area (Å²) in [6.07, 6.45) is 0.747. The predicted molar refractivity (Wildman–Crippen MR) is 86.0 cm³/mol. The lowest BCUT2D eigenvalue weighted by molar-refractivity contribution is 0.393. The minimum absolute atomic E-state index is 0.131. The van der Waals surface area contributed by atoms with Crippen LogP contribution in [-0.2, 0) is 6.42 Å². The zero-order valence-corrected chi connectivity index (χ0v) is 13.7. The van der Waals surface area contributed by atoms with Gasteiger partial charge in [-0.25, -0.2) is 0 Å². The molecular formula is C16H16BrClO2. The van der Waals surface area contributed by atoms with Crippen LogP contribution in [0.4, 0.5) is 0 Å². The third-order valence-corrected chi connectivity index (χ3v) is 3.94. The summed E-state index contributed by atoms with van der Waals surface area (Å²) in [4.78, 5) is 0. The van der Waals surface area contributed by atoms with E-state index in [1.807, 2.05) is 30.3 Å². The summed E-state index contributed by atoms with van der Waals surface area (Å²) >= 11 is 10.00. The van der Waals surface area contributed by atoms with Gasteiger partial charge in [0.2, 0.25) is 0 Å². The maximum absolute atomic E-state index is 6.52. The molecule has 0 aromatic heterocycles. The summed E-state index contributed by atoms with van der Waals surface area (Å²) in [6.45, 7) is 0. The number of halogens is 2. The second-order valence-corrected chi connectivity index (χ2v) is 5.89. The molecule has 106 valence electrons. The van der Waals surface area contributed by atoms with Crippen LogP contribution in [0, 0.1) is 0 Å². The van der Waals surface area contributed by atoms with Crippen molar-refractivity contribution in [3.05, 3.63) is 58.1 Å². The molecule has 0 fully saturated rings. The van der Waals surface area contributed by atoms with E-state index in [1.165, 1.54) is 5.56 Å². The van der Waals surface area contributed by atoms with E-state index in [0.717, 1.165) is 28.0 Å². The summed E-state index contributed by atoms with van der Waals surface area (Å²) in [5.74, 6) is 1.50. The predicted octanol–water partition coefficient (Wildman–Crippen LogP) is 4.99. The Kier molecular flexibility index (Phi) is 5.32. The molecular weight excluding hydrogens is 340 g/mol. The van der Waals surface area contributed by atoms with Crippen molar-refractivity contribution in [2.45, 2.75) is 11.8 Å². The van der Waals surface area contributed by atoms with Crippen LogP contribution in [-0.4, -0.2) is 14.2 Å². The molecule has 0 radical (unpaired) electrons. The molecule has 1 atom stereocenters. The highest BCUT2D eigenvalue weighted by molar-refractivity contribution is 9.10. The normalized spacial score (nSPS) is 12.0. The average Bonchev–Trinajstić information content (AvgIpc) is 2.46. The molecule has 2 rings (SSSR count). The molecule has 0 aliphatic carbocycles. The lowest BCUT2D eigenvalue weighted by Gasteiger charge is -2.13. The summed E-state index contributed by atoms with van der Waals surface area (Å²) in [6, 6.07) is 13.9. The Labute approximate surface area is 132 Å². The number of benzene rings is 2. The van der Waals surface area contributed by atoms with Gasteiger partial charge < -0.3 is 9.47 Å². The number of methoxy groups -OCH3 is 2. The van der Waals surface area contributed by atoms with Crippen LogP contribution in [0.1, 0.15) is 16.5 Å². The topological polar surface area (TPSA) is 18.5 Å². The lowest BCUT2D eigenvalue weighted by Crippen LogP contribution is -1.98. The molecule has 2 aromatic carbocycles. The lowest BCUT2D eigenvalue weighted by atomic mass is 10.0. The Morgan fingerprint density at radius 3 is 2.25 bits per heavy atom. The fourth-order valence-corrected chi connectivity index (χ4v) is 2.75. The molecule has 2 aromatic rings. The van der Waals surface area contributed by atoms with Crippen LogP contribution in [0.3, 0.4) is 0 Å². The number of ether oxygens (including phenoxy) is 2. The van der Waals surface area contributed by atoms with Gasteiger partial charge in [-0.3, -0.25) is 0 Å². The molecule has 0 aliphatic heterocycles. The van der Waals surface area contributed by atoms with Gasteiger partial charge >= 0.3 is 0 Å². The van der Waals surface area contributed by atoms with E-state index < -0.39 is 0 Å². The van der Waals surface area contributed by atoms with Crippen molar-refractivity contribution in [1.29, 1.82) is 0 Å². The van der Waals surface area contributed by atoms with Crippen LogP contribution in [0.25, 0.3) is 0 Å². The fraction of sp³-hybridized carbons (Fsp3) is 0.250. The largest absolute Gasteiger partial charge is 0.497 e. The van der Waals surface area contributed by atoms with Crippen molar-refractivity contribution in [2.24, 2.45) is 0 Å². The monoisotopic (exact) mass is 354 g/mol. The van der Waals surface area contributed by atoms with Gasteiger partial charge in [-0.2, -0.15) is 0 Å². The van der Waals surface area contributed by atoms with E-state index in [1.54, 1.807) is 14.2 Å². The van der Waals surface area contributed by atoms with E-state index in [0.29, 0.717) is 0 Å². The second-order valence-electron chi connectivity index (χ2n) is 4.45. The Morgan fingerprint density at radius 2 is 1.70 bits per heavy atom. The molecule has 2 nitrogen and oxygen atoms in total. The van der Waals surface area contributed by atoms with Gasteiger partial charge in [-0.15, -0.1) is 11.6 Å². The third-order valence-electron chi connectivity index (χ3n) is 3.04. The number of rotatable bonds is 5. The molecule has 0 heterocycles. The molecule has 4 heteroatoms. The Bertz CT molecular complexity index is 564. The first-order valence-electron chi connectivity index (χ1n) is 6.24. The maximum atomic E-state index is 6.52. The summed E-state index contributed by atoms with van der Waals surface area (Å²) < 4.78 is 11.6. The first kappa shape index (κ1) is 15.2. The highest BCUT2D eigenvalue weighted by Crippen LogP contribution is 2.32. The van der Waals surface area contributed by atoms with Gasteiger partial charge in [0.1, 0.15) is 11.5 Å². The Hall–Kier alpha value is -1.19. The van der Waals surface area contributed by atoms with E-state index in [4.69, 9.17) is 21.1 Å². The molecule has 0 saturated heterocycles. The standard InChI is InChI=1S/C16H16BrClO2/c1-19-14-8-12(9-15(10-14)20-2)16(18)7-11-4-3-5-13(17)6-11/h3-6,8-10,16H,7H2,1-2H3. The molecule has 0 bridgehead atoms. The van der Waals surface area contributed by atoms with E-state index in [2.05, 4.69) is 28.1 Å². The van der Waals surface area contributed by atoms with E-state index >= 15 is 0 Å². The number of alkyl halides is 1. The third kappa shape index (κ3) is 3.90. The highest BCUT2D eigenvalue weighted by Gasteiger charge is 2.12. The molecule has 0 amide bonds. The summed E-state index contributed by atoms with van der Waals surface area (Å²) in [5, 5.41) is -0.131. The first-order valence-corrected chi connectivity index (χ1v) is 7.47. The molecule has 20 heavy (non-hydrogen) atoms. The fourth-order valence-electron chi connectivity index (χ4n) is 2.00. The van der Waals surface area contributed by atoms with Crippen molar-refractivity contribution < 1.29 is 9.47 Å². The van der Waals surface area contributed by atoms with Gasteiger partial charge in [0.05, 0.1) is 19.6 Å². The van der Waals surface area contributed by atoms with Gasteiger partial charge in [0.25, 0.3) is 0 Å². The first-order chi connectivity index (χ1) is 9.62. The van der Waals surface area contributed by atoms with Gasteiger partial charge in [0.15, 0.2) is 0 Å². The molecule has 0 N–H and O–H groups in total. The van der Waals surface area contributed by atoms with Crippen molar-refractivity contribution in [3.8, 4) is 11.5 Å². The van der Waals surface area contributed by atoms with Crippen molar-refractivity contribution >= 4 is 27.5 Å². The zero-order valence-electron chi connectivity index (χ0n) is 11.4. The van der Waals surface area contributed by atoms with Crippen molar-refractivity contribution in [1.82, 2.24) is 0 Å².